The van der Waals surface area contributed by atoms with E-state index in [-0.39, 0.29) is 18.1 Å². The Bertz CT molecular complexity index is 893. The SMILES string of the molecule is CC[S@@](=O)c1ccccc1C(=O)OCc1nnc(-c2ccccc2)o1. The Morgan fingerprint density at radius 3 is 2.56 bits per heavy atom. The first-order valence-corrected chi connectivity index (χ1v) is 9.03. The van der Waals surface area contributed by atoms with E-state index >= 15 is 0 Å². The number of carbonyl (C=O) groups excluding carboxylic acids is 1. The minimum atomic E-state index is -1.24. The van der Waals surface area contributed by atoms with Gasteiger partial charge in [-0.15, -0.1) is 10.2 Å². The Labute approximate surface area is 147 Å². The highest BCUT2D eigenvalue weighted by Crippen LogP contribution is 2.19. The van der Waals surface area contributed by atoms with Crippen molar-refractivity contribution < 1.29 is 18.2 Å². The lowest BCUT2D eigenvalue weighted by atomic mass is 10.2. The normalized spacial score (nSPS) is 11.9. The van der Waals surface area contributed by atoms with Crippen molar-refractivity contribution in [1.82, 2.24) is 10.2 Å². The summed E-state index contributed by atoms with van der Waals surface area (Å²) in [5.41, 5.74) is 1.07. The predicted octanol–water partition coefficient (Wildman–Crippen LogP) is 3.22. The molecule has 0 aliphatic rings. The van der Waals surface area contributed by atoms with Gasteiger partial charge in [0.25, 0.3) is 5.89 Å². The van der Waals surface area contributed by atoms with E-state index in [4.69, 9.17) is 9.15 Å². The van der Waals surface area contributed by atoms with Gasteiger partial charge < -0.3 is 9.15 Å². The third-order valence-electron chi connectivity index (χ3n) is 3.43. The second kappa shape index (κ2) is 7.85. The predicted molar refractivity (Wildman–Crippen MR) is 92.2 cm³/mol. The van der Waals surface area contributed by atoms with Gasteiger partial charge in [-0.05, 0) is 24.3 Å². The first kappa shape index (κ1) is 17.0. The molecule has 1 aromatic heterocycles. The van der Waals surface area contributed by atoms with Gasteiger partial charge in [-0.25, -0.2) is 4.79 Å². The van der Waals surface area contributed by atoms with Crippen LogP contribution in [0.25, 0.3) is 11.5 Å². The van der Waals surface area contributed by atoms with Crippen LogP contribution in [0.1, 0.15) is 23.2 Å². The van der Waals surface area contributed by atoms with Crippen molar-refractivity contribution in [2.45, 2.75) is 18.4 Å². The number of hydrogen-bond acceptors (Lipinski definition) is 6. The zero-order chi connectivity index (χ0) is 17.6. The van der Waals surface area contributed by atoms with Gasteiger partial charge in [0.15, 0.2) is 6.61 Å². The number of carbonyl (C=O) groups is 1. The van der Waals surface area contributed by atoms with Gasteiger partial charge in [0.2, 0.25) is 5.89 Å². The number of rotatable bonds is 6. The third-order valence-corrected chi connectivity index (χ3v) is 4.80. The second-order valence-electron chi connectivity index (χ2n) is 5.07. The van der Waals surface area contributed by atoms with Crippen molar-refractivity contribution in [2.24, 2.45) is 0 Å². The highest BCUT2D eigenvalue weighted by atomic mass is 32.2. The quantitative estimate of drug-likeness (QED) is 0.631. The molecule has 0 saturated heterocycles. The van der Waals surface area contributed by atoms with E-state index in [0.29, 0.717) is 16.5 Å². The van der Waals surface area contributed by atoms with Gasteiger partial charge >= 0.3 is 5.97 Å². The molecule has 0 unspecified atom stereocenters. The first-order valence-electron chi connectivity index (χ1n) is 7.71. The van der Waals surface area contributed by atoms with E-state index in [1.807, 2.05) is 30.3 Å². The molecule has 1 atom stereocenters. The summed E-state index contributed by atoms with van der Waals surface area (Å²) in [7, 11) is -1.24. The molecule has 0 aliphatic carbocycles. The smallest absolute Gasteiger partial charge is 0.339 e. The first-order chi connectivity index (χ1) is 12.2. The molecule has 0 spiro atoms. The minimum Gasteiger partial charge on any atom is -0.452 e. The van der Waals surface area contributed by atoms with Crippen LogP contribution in [0.3, 0.4) is 0 Å². The number of esters is 1. The topological polar surface area (TPSA) is 82.3 Å². The fourth-order valence-corrected chi connectivity index (χ4v) is 3.14. The molecule has 6 nitrogen and oxygen atoms in total. The summed E-state index contributed by atoms with van der Waals surface area (Å²) in [5, 5.41) is 7.82. The van der Waals surface area contributed by atoms with Crippen LogP contribution in [0, 0.1) is 0 Å². The molecule has 2 aromatic carbocycles. The Kier molecular flexibility index (Phi) is 5.35. The molecule has 1 heterocycles. The van der Waals surface area contributed by atoms with Crippen LogP contribution < -0.4 is 0 Å². The van der Waals surface area contributed by atoms with Crippen molar-refractivity contribution >= 4 is 16.8 Å². The maximum Gasteiger partial charge on any atom is 0.339 e. The molecule has 0 amide bonds. The van der Waals surface area contributed by atoms with Gasteiger partial charge in [-0.1, -0.05) is 37.3 Å². The molecule has 7 heteroatoms. The number of benzene rings is 2. The monoisotopic (exact) mass is 356 g/mol. The number of aromatic nitrogens is 2. The third kappa shape index (κ3) is 4.00. The molecule has 0 aliphatic heterocycles. The Morgan fingerprint density at radius 2 is 1.80 bits per heavy atom. The van der Waals surface area contributed by atoms with Crippen molar-refractivity contribution in [3.8, 4) is 11.5 Å². The Morgan fingerprint density at radius 1 is 1.08 bits per heavy atom. The average molecular weight is 356 g/mol. The fourth-order valence-electron chi connectivity index (χ4n) is 2.20. The Balaban J connectivity index is 1.70. The van der Waals surface area contributed by atoms with Crippen LogP contribution in [0.15, 0.2) is 63.9 Å². The molecular weight excluding hydrogens is 340 g/mol. The van der Waals surface area contributed by atoms with E-state index in [2.05, 4.69) is 10.2 Å². The van der Waals surface area contributed by atoms with E-state index in [1.165, 1.54) is 0 Å². The molecular formula is C18H16N2O4S. The molecule has 3 rings (SSSR count). The molecule has 128 valence electrons. The minimum absolute atomic E-state index is 0.147. The van der Waals surface area contributed by atoms with Crippen LogP contribution >= 0.6 is 0 Å². The van der Waals surface area contributed by atoms with Crippen molar-refractivity contribution in [3.63, 3.8) is 0 Å². The summed E-state index contributed by atoms with van der Waals surface area (Å²) < 4.78 is 22.8. The summed E-state index contributed by atoms with van der Waals surface area (Å²) in [6.45, 7) is 1.65. The van der Waals surface area contributed by atoms with Crippen LogP contribution in [0.2, 0.25) is 0 Å². The van der Waals surface area contributed by atoms with Crippen LogP contribution in [-0.4, -0.2) is 26.1 Å². The van der Waals surface area contributed by atoms with E-state index in [9.17, 15) is 9.00 Å². The van der Waals surface area contributed by atoms with Gasteiger partial charge in [0.05, 0.1) is 21.3 Å². The zero-order valence-electron chi connectivity index (χ0n) is 13.5. The lowest BCUT2D eigenvalue weighted by Crippen LogP contribution is -2.10. The van der Waals surface area contributed by atoms with Crippen molar-refractivity contribution in [1.29, 1.82) is 0 Å². The standard InChI is InChI=1S/C18H16N2O4S/c1-2-25(22)15-11-7-6-10-14(15)18(21)23-12-16-19-20-17(24-16)13-8-4-3-5-9-13/h3-11H,2,12H2,1H3/t25-/m1/s1. The van der Waals surface area contributed by atoms with Crippen molar-refractivity contribution in [2.75, 3.05) is 5.75 Å². The number of ether oxygens (including phenoxy) is 1. The van der Waals surface area contributed by atoms with Gasteiger partial charge in [0, 0.05) is 11.3 Å². The number of hydrogen-bond donors (Lipinski definition) is 0. The lowest BCUT2D eigenvalue weighted by molar-refractivity contribution is 0.0434. The van der Waals surface area contributed by atoms with Crippen LogP contribution in [0.4, 0.5) is 0 Å². The molecule has 3 aromatic rings. The Hall–Kier alpha value is -2.80. The summed E-state index contributed by atoms with van der Waals surface area (Å²) >= 11 is 0. The molecule has 0 saturated carbocycles. The molecule has 0 bridgehead atoms. The van der Waals surface area contributed by atoms with E-state index in [1.54, 1.807) is 31.2 Å². The van der Waals surface area contributed by atoms with Gasteiger partial charge in [-0.2, -0.15) is 0 Å². The zero-order valence-corrected chi connectivity index (χ0v) is 14.4. The van der Waals surface area contributed by atoms with E-state index < -0.39 is 16.8 Å². The maximum absolute atomic E-state index is 12.3. The number of nitrogens with zero attached hydrogens (tertiary/aromatic N) is 2. The molecule has 0 fully saturated rings. The molecule has 0 radical (unpaired) electrons. The largest absolute Gasteiger partial charge is 0.452 e. The molecule has 0 N–H and O–H groups in total. The maximum atomic E-state index is 12.3. The van der Waals surface area contributed by atoms with Crippen LogP contribution in [0.5, 0.6) is 0 Å². The van der Waals surface area contributed by atoms with Gasteiger partial charge in [0.1, 0.15) is 0 Å². The lowest BCUT2D eigenvalue weighted by Gasteiger charge is -2.07. The average Bonchev–Trinajstić information content (AvgIpc) is 3.15. The summed E-state index contributed by atoms with van der Waals surface area (Å²) in [6.07, 6.45) is 0. The van der Waals surface area contributed by atoms with E-state index in [0.717, 1.165) is 5.56 Å². The molecule has 25 heavy (non-hydrogen) atoms. The highest BCUT2D eigenvalue weighted by molar-refractivity contribution is 7.85. The van der Waals surface area contributed by atoms with Crippen LogP contribution in [-0.2, 0) is 22.1 Å². The summed E-state index contributed by atoms with van der Waals surface area (Å²) in [5.74, 6) is 0.409. The highest BCUT2D eigenvalue weighted by Gasteiger charge is 2.17. The second-order valence-corrected chi connectivity index (χ2v) is 6.78. The summed E-state index contributed by atoms with van der Waals surface area (Å²) in [4.78, 5) is 12.8. The fraction of sp³-hybridized carbons (Fsp3) is 0.167. The summed E-state index contributed by atoms with van der Waals surface area (Å²) in [6, 6.07) is 16.0. The van der Waals surface area contributed by atoms with Gasteiger partial charge in [-0.3, -0.25) is 4.21 Å². The van der Waals surface area contributed by atoms with Crippen molar-refractivity contribution in [3.05, 3.63) is 66.1 Å².